The molecule has 0 radical (unpaired) electrons. The van der Waals surface area contributed by atoms with Crippen LogP contribution in [0.15, 0.2) is 18.2 Å². The Hall–Kier alpha value is -2.64. The summed E-state index contributed by atoms with van der Waals surface area (Å²) in [7, 11) is 0. The first kappa shape index (κ1) is 20.7. The van der Waals surface area contributed by atoms with Crippen LogP contribution in [0.25, 0.3) is 0 Å². The van der Waals surface area contributed by atoms with E-state index in [4.69, 9.17) is 4.74 Å². The van der Waals surface area contributed by atoms with Gasteiger partial charge in [0, 0.05) is 43.7 Å². The Balaban J connectivity index is 2.06. The first-order valence-electron chi connectivity index (χ1n) is 9.42. The third kappa shape index (κ3) is 4.75. The SMILES string of the molecule is CCOc1ccc(C(=O)N2CCC(C(=O)N(CC)CC)CC2)cc1[N+](=O)[O-]. The van der Waals surface area contributed by atoms with Crippen LogP contribution in [-0.4, -0.2) is 59.3 Å². The zero-order valence-corrected chi connectivity index (χ0v) is 16.1. The summed E-state index contributed by atoms with van der Waals surface area (Å²) < 4.78 is 5.25. The van der Waals surface area contributed by atoms with E-state index in [0.29, 0.717) is 45.6 Å². The van der Waals surface area contributed by atoms with Gasteiger partial charge in [0.05, 0.1) is 11.5 Å². The summed E-state index contributed by atoms with van der Waals surface area (Å²) in [5, 5.41) is 11.2. The molecule has 1 fully saturated rings. The third-order valence-electron chi connectivity index (χ3n) is 4.91. The number of nitro groups is 1. The zero-order chi connectivity index (χ0) is 20.0. The van der Waals surface area contributed by atoms with Crippen LogP contribution in [0.5, 0.6) is 5.75 Å². The summed E-state index contributed by atoms with van der Waals surface area (Å²) in [5.41, 5.74) is 0.0490. The summed E-state index contributed by atoms with van der Waals surface area (Å²) >= 11 is 0. The smallest absolute Gasteiger partial charge is 0.311 e. The molecule has 8 heteroatoms. The molecule has 0 bridgehead atoms. The fraction of sp³-hybridized carbons (Fsp3) is 0.579. The summed E-state index contributed by atoms with van der Waals surface area (Å²) in [5.74, 6) is -0.0233. The van der Waals surface area contributed by atoms with E-state index in [0.717, 1.165) is 0 Å². The fourth-order valence-electron chi connectivity index (χ4n) is 3.38. The van der Waals surface area contributed by atoms with Crippen LogP contribution in [0.3, 0.4) is 0 Å². The number of benzene rings is 1. The number of piperidine rings is 1. The van der Waals surface area contributed by atoms with Crippen molar-refractivity contribution in [2.75, 3.05) is 32.8 Å². The highest BCUT2D eigenvalue weighted by Gasteiger charge is 2.30. The predicted octanol–water partition coefficient (Wildman–Crippen LogP) is 2.71. The maximum atomic E-state index is 12.7. The van der Waals surface area contributed by atoms with Crippen molar-refractivity contribution in [1.82, 2.24) is 9.80 Å². The van der Waals surface area contributed by atoms with Gasteiger partial charge in [-0.3, -0.25) is 19.7 Å². The van der Waals surface area contributed by atoms with Crippen molar-refractivity contribution in [1.29, 1.82) is 0 Å². The van der Waals surface area contributed by atoms with E-state index < -0.39 is 4.92 Å². The van der Waals surface area contributed by atoms with Gasteiger partial charge in [-0.25, -0.2) is 0 Å². The highest BCUT2D eigenvalue weighted by Crippen LogP contribution is 2.29. The molecule has 1 aliphatic rings. The molecule has 27 heavy (non-hydrogen) atoms. The molecular formula is C19H27N3O5. The molecule has 0 unspecified atom stereocenters. The second-order valence-corrected chi connectivity index (χ2v) is 6.45. The number of amides is 2. The normalized spacial score (nSPS) is 14.7. The molecule has 148 valence electrons. The lowest BCUT2D eigenvalue weighted by molar-refractivity contribution is -0.385. The van der Waals surface area contributed by atoms with Crippen LogP contribution >= 0.6 is 0 Å². The van der Waals surface area contributed by atoms with E-state index in [1.165, 1.54) is 12.1 Å². The second-order valence-electron chi connectivity index (χ2n) is 6.45. The molecule has 1 saturated heterocycles. The average Bonchev–Trinajstić information content (AvgIpc) is 2.68. The molecular weight excluding hydrogens is 350 g/mol. The van der Waals surface area contributed by atoms with E-state index in [9.17, 15) is 19.7 Å². The molecule has 0 aliphatic carbocycles. The summed E-state index contributed by atoms with van der Waals surface area (Å²) in [6.45, 7) is 8.27. The molecule has 0 saturated carbocycles. The van der Waals surface area contributed by atoms with Crippen molar-refractivity contribution in [2.24, 2.45) is 5.92 Å². The third-order valence-corrected chi connectivity index (χ3v) is 4.91. The monoisotopic (exact) mass is 377 g/mol. The molecule has 1 heterocycles. The van der Waals surface area contributed by atoms with Gasteiger partial charge < -0.3 is 14.5 Å². The first-order valence-corrected chi connectivity index (χ1v) is 9.42. The molecule has 1 aliphatic heterocycles. The maximum absolute atomic E-state index is 12.7. The Labute approximate surface area is 159 Å². The Morgan fingerprint density at radius 3 is 2.37 bits per heavy atom. The predicted molar refractivity (Wildman–Crippen MR) is 101 cm³/mol. The van der Waals surface area contributed by atoms with Crippen molar-refractivity contribution in [3.63, 3.8) is 0 Å². The van der Waals surface area contributed by atoms with Gasteiger partial charge >= 0.3 is 5.69 Å². The van der Waals surface area contributed by atoms with Crippen molar-refractivity contribution >= 4 is 17.5 Å². The highest BCUT2D eigenvalue weighted by molar-refractivity contribution is 5.95. The highest BCUT2D eigenvalue weighted by atomic mass is 16.6. The van der Waals surface area contributed by atoms with Crippen molar-refractivity contribution in [2.45, 2.75) is 33.6 Å². The molecule has 0 aromatic heterocycles. The van der Waals surface area contributed by atoms with Gasteiger partial charge in [0.25, 0.3) is 5.91 Å². The number of rotatable bonds is 7. The number of likely N-dealkylation sites (tertiary alicyclic amines) is 1. The second kappa shape index (κ2) is 9.34. The number of nitrogens with zero attached hydrogens (tertiary/aromatic N) is 3. The van der Waals surface area contributed by atoms with E-state index in [1.807, 2.05) is 18.7 Å². The number of nitro benzene ring substituents is 1. The van der Waals surface area contributed by atoms with Gasteiger partial charge in [-0.05, 0) is 45.7 Å². The van der Waals surface area contributed by atoms with E-state index in [1.54, 1.807) is 17.9 Å². The van der Waals surface area contributed by atoms with E-state index in [2.05, 4.69) is 0 Å². The van der Waals surface area contributed by atoms with Gasteiger partial charge in [-0.2, -0.15) is 0 Å². The minimum Gasteiger partial charge on any atom is -0.487 e. The average molecular weight is 377 g/mol. The maximum Gasteiger partial charge on any atom is 0.311 e. The number of hydrogen-bond donors (Lipinski definition) is 0. The first-order chi connectivity index (χ1) is 12.9. The lowest BCUT2D eigenvalue weighted by atomic mass is 9.94. The fourth-order valence-corrected chi connectivity index (χ4v) is 3.38. The lowest BCUT2D eigenvalue weighted by Crippen LogP contribution is -2.44. The Morgan fingerprint density at radius 2 is 1.85 bits per heavy atom. The van der Waals surface area contributed by atoms with Crippen LogP contribution in [0, 0.1) is 16.0 Å². The molecule has 8 nitrogen and oxygen atoms in total. The molecule has 0 atom stereocenters. The topological polar surface area (TPSA) is 93.0 Å². The van der Waals surface area contributed by atoms with Crippen LogP contribution in [0.1, 0.15) is 44.0 Å². The number of carbonyl (C=O) groups excluding carboxylic acids is 2. The van der Waals surface area contributed by atoms with Crippen LogP contribution in [-0.2, 0) is 4.79 Å². The van der Waals surface area contributed by atoms with Gasteiger partial charge in [-0.15, -0.1) is 0 Å². The summed E-state index contributed by atoms with van der Waals surface area (Å²) in [4.78, 5) is 39.4. The minimum atomic E-state index is -0.545. The summed E-state index contributed by atoms with van der Waals surface area (Å²) in [6.07, 6.45) is 1.22. The molecule has 2 rings (SSSR count). The minimum absolute atomic E-state index is 0.0661. The molecule has 1 aromatic carbocycles. The molecule has 2 amide bonds. The van der Waals surface area contributed by atoms with E-state index in [-0.39, 0.29) is 34.7 Å². The molecule has 0 N–H and O–H groups in total. The van der Waals surface area contributed by atoms with Gasteiger partial charge in [0.2, 0.25) is 5.91 Å². The van der Waals surface area contributed by atoms with E-state index >= 15 is 0 Å². The number of hydrogen-bond acceptors (Lipinski definition) is 5. The lowest BCUT2D eigenvalue weighted by Gasteiger charge is -2.33. The van der Waals surface area contributed by atoms with Crippen LogP contribution in [0.2, 0.25) is 0 Å². The van der Waals surface area contributed by atoms with Crippen LogP contribution in [0.4, 0.5) is 5.69 Å². The number of ether oxygens (including phenoxy) is 1. The van der Waals surface area contributed by atoms with Crippen molar-refractivity contribution in [3.05, 3.63) is 33.9 Å². The zero-order valence-electron chi connectivity index (χ0n) is 16.1. The standard InChI is InChI=1S/C19H27N3O5/c1-4-20(5-2)18(23)14-9-11-21(12-10-14)19(24)15-7-8-17(27-6-3)16(13-15)22(25)26/h7-8,13-14H,4-6,9-12H2,1-3H3. The van der Waals surface area contributed by atoms with Crippen molar-refractivity contribution < 1.29 is 19.2 Å². The molecule has 1 aromatic rings. The van der Waals surface area contributed by atoms with Crippen molar-refractivity contribution in [3.8, 4) is 5.75 Å². The Morgan fingerprint density at radius 1 is 1.22 bits per heavy atom. The Bertz CT molecular complexity index is 695. The van der Waals surface area contributed by atoms with Gasteiger partial charge in [-0.1, -0.05) is 0 Å². The largest absolute Gasteiger partial charge is 0.487 e. The summed E-state index contributed by atoms with van der Waals surface area (Å²) in [6, 6.07) is 4.28. The molecule has 0 spiro atoms. The van der Waals surface area contributed by atoms with Gasteiger partial charge in [0.15, 0.2) is 5.75 Å². The number of carbonyl (C=O) groups is 2. The quantitative estimate of drug-likeness (QED) is 0.538. The van der Waals surface area contributed by atoms with Gasteiger partial charge in [0.1, 0.15) is 0 Å². The Kier molecular flexibility index (Phi) is 7.15. The van der Waals surface area contributed by atoms with Crippen LogP contribution < -0.4 is 4.74 Å².